The van der Waals surface area contributed by atoms with E-state index in [4.69, 9.17) is 0 Å². The molecule has 8 heteroatoms. The van der Waals surface area contributed by atoms with E-state index in [1.165, 1.54) is 29.9 Å². The maximum Gasteiger partial charge on any atom is 0.255 e. The zero-order valence-electron chi connectivity index (χ0n) is 12.1. The van der Waals surface area contributed by atoms with Crippen LogP contribution < -0.4 is 10.9 Å². The maximum atomic E-state index is 13.4. The minimum atomic E-state index is -2.52. The number of aromatic nitrogens is 1. The van der Waals surface area contributed by atoms with E-state index in [-0.39, 0.29) is 16.8 Å². The molecule has 122 valence electrons. The Morgan fingerprint density at radius 2 is 2.04 bits per heavy atom. The van der Waals surface area contributed by atoms with Gasteiger partial charge in [-0.05, 0) is 24.3 Å². The van der Waals surface area contributed by atoms with E-state index in [1.807, 2.05) is 0 Å². The number of alkyl halides is 2. The van der Waals surface area contributed by atoms with Crippen molar-refractivity contribution in [2.24, 2.45) is 7.05 Å². The molecule has 0 bridgehead atoms. The van der Waals surface area contributed by atoms with Crippen LogP contribution >= 0.6 is 11.8 Å². The number of thioether (sulfide) groups is 1. The van der Waals surface area contributed by atoms with E-state index in [9.17, 15) is 22.8 Å². The Balaban J connectivity index is 2.23. The first-order valence-electron chi connectivity index (χ1n) is 6.55. The van der Waals surface area contributed by atoms with Crippen molar-refractivity contribution >= 4 is 23.4 Å². The Morgan fingerprint density at radius 1 is 1.30 bits per heavy atom. The topological polar surface area (TPSA) is 51.1 Å². The van der Waals surface area contributed by atoms with Gasteiger partial charge in [-0.1, -0.05) is 0 Å². The van der Waals surface area contributed by atoms with E-state index >= 15 is 0 Å². The molecule has 2 rings (SSSR count). The van der Waals surface area contributed by atoms with Crippen molar-refractivity contribution in [3.63, 3.8) is 0 Å². The van der Waals surface area contributed by atoms with Crippen molar-refractivity contribution in [2.45, 2.75) is 11.3 Å². The van der Waals surface area contributed by atoms with Gasteiger partial charge in [-0.3, -0.25) is 9.59 Å². The lowest BCUT2D eigenvalue weighted by Crippen LogP contribution is -2.20. The number of hydrogen-bond donors (Lipinski definition) is 1. The van der Waals surface area contributed by atoms with Crippen LogP contribution in [0.2, 0.25) is 0 Å². The van der Waals surface area contributed by atoms with E-state index < -0.39 is 23.9 Å². The fourth-order valence-corrected chi connectivity index (χ4v) is 2.50. The number of aryl methyl sites for hydroxylation is 1. The highest BCUT2D eigenvalue weighted by atomic mass is 32.2. The van der Waals surface area contributed by atoms with Gasteiger partial charge in [-0.25, -0.2) is 13.2 Å². The molecule has 0 fully saturated rings. The van der Waals surface area contributed by atoms with Crippen molar-refractivity contribution in [1.82, 2.24) is 4.57 Å². The highest BCUT2D eigenvalue weighted by molar-refractivity contribution is 7.99. The number of pyridine rings is 1. The molecule has 0 atom stereocenters. The Morgan fingerprint density at radius 3 is 2.70 bits per heavy atom. The summed E-state index contributed by atoms with van der Waals surface area (Å²) in [6.45, 7) is 0. The van der Waals surface area contributed by atoms with Gasteiger partial charge in [0.05, 0.1) is 11.4 Å². The van der Waals surface area contributed by atoms with Crippen LogP contribution in [0.3, 0.4) is 0 Å². The SMILES string of the molecule is Cn1ccc(C(=O)Nc2cc(F)ccc2SCC(F)F)cc1=O. The molecular weight excluding hydrogens is 329 g/mol. The maximum absolute atomic E-state index is 13.4. The molecule has 0 saturated carbocycles. The van der Waals surface area contributed by atoms with Crippen molar-refractivity contribution in [3.8, 4) is 0 Å². The minimum absolute atomic E-state index is 0.0846. The lowest BCUT2D eigenvalue weighted by molar-refractivity contribution is 0.102. The molecule has 1 N–H and O–H groups in total. The molecule has 1 aromatic heterocycles. The van der Waals surface area contributed by atoms with Crippen LogP contribution in [0.15, 0.2) is 46.2 Å². The van der Waals surface area contributed by atoms with Gasteiger partial charge in [-0.15, -0.1) is 11.8 Å². The zero-order chi connectivity index (χ0) is 17.0. The molecular formula is C15H13F3N2O2S. The second-order valence-electron chi connectivity index (χ2n) is 4.66. The first-order chi connectivity index (χ1) is 10.9. The van der Waals surface area contributed by atoms with E-state index in [1.54, 1.807) is 0 Å². The predicted octanol–water partition coefficient (Wildman–Crippen LogP) is 3.13. The number of rotatable bonds is 5. The lowest BCUT2D eigenvalue weighted by Gasteiger charge is -2.11. The molecule has 0 aliphatic heterocycles. The third kappa shape index (κ3) is 4.62. The van der Waals surface area contributed by atoms with Crippen LogP contribution in [-0.2, 0) is 7.05 Å². The van der Waals surface area contributed by atoms with Crippen molar-refractivity contribution in [3.05, 3.63) is 58.3 Å². The van der Waals surface area contributed by atoms with E-state index in [2.05, 4.69) is 5.32 Å². The van der Waals surface area contributed by atoms with Gasteiger partial charge in [0.25, 0.3) is 11.5 Å². The third-order valence-corrected chi connectivity index (χ3v) is 4.01. The molecule has 1 amide bonds. The lowest BCUT2D eigenvalue weighted by atomic mass is 10.2. The first-order valence-corrected chi connectivity index (χ1v) is 7.54. The average molecular weight is 342 g/mol. The van der Waals surface area contributed by atoms with E-state index in [0.29, 0.717) is 4.90 Å². The van der Waals surface area contributed by atoms with Gasteiger partial charge >= 0.3 is 0 Å². The van der Waals surface area contributed by atoms with Crippen molar-refractivity contribution < 1.29 is 18.0 Å². The second-order valence-corrected chi connectivity index (χ2v) is 5.72. The summed E-state index contributed by atoms with van der Waals surface area (Å²) in [5, 5.41) is 2.45. The van der Waals surface area contributed by atoms with Crippen molar-refractivity contribution in [1.29, 1.82) is 0 Å². The number of benzene rings is 1. The Labute approximate surface area is 134 Å². The molecule has 0 aliphatic carbocycles. The molecule has 0 spiro atoms. The molecule has 4 nitrogen and oxygen atoms in total. The van der Waals surface area contributed by atoms with Crippen LogP contribution in [0.5, 0.6) is 0 Å². The summed E-state index contributed by atoms with van der Waals surface area (Å²) in [6.07, 6.45) is -1.10. The summed E-state index contributed by atoms with van der Waals surface area (Å²) in [5.74, 6) is -1.70. The van der Waals surface area contributed by atoms with Crippen LogP contribution in [-0.4, -0.2) is 22.7 Å². The quantitative estimate of drug-likeness (QED) is 0.850. The Bertz CT molecular complexity index is 778. The number of carbonyl (C=O) groups is 1. The first kappa shape index (κ1) is 17.1. The number of anilines is 1. The van der Waals surface area contributed by atoms with Gasteiger partial charge in [0, 0.05) is 29.8 Å². The summed E-state index contributed by atoms with van der Waals surface area (Å²) >= 11 is 0.809. The number of amides is 1. The predicted molar refractivity (Wildman–Crippen MR) is 82.8 cm³/mol. The van der Waals surface area contributed by atoms with Crippen LogP contribution in [0.1, 0.15) is 10.4 Å². The summed E-state index contributed by atoms with van der Waals surface area (Å²) < 4.78 is 39.3. The molecule has 23 heavy (non-hydrogen) atoms. The Kier molecular flexibility index (Phi) is 5.49. The van der Waals surface area contributed by atoms with Gasteiger partial charge in [-0.2, -0.15) is 0 Å². The number of carbonyl (C=O) groups excluding carboxylic acids is 1. The molecule has 1 heterocycles. The number of nitrogens with zero attached hydrogens (tertiary/aromatic N) is 1. The highest BCUT2D eigenvalue weighted by Crippen LogP contribution is 2.29. The smallest absolute Gasteiger partial charge is 0.255 e. The molecule has 0 saturated heterocycles. The van der Waals surface area contributed by atoms with Crippen LogP contribution in [0.4, 0.5) is 18.9 Å². The van der Waals surface area contributed by atoms with Gasteiger partial charge in [0.2, 0.25) is 6.43 Å². The van der Waals surface area contributed by atoms with Gasteiger partial charge in [0.15, 0.2) is 0 Å². The van der Waals surface area contributed by atoms with Crippen LogP contribution in [0.25, 0.3) is 0 Å². The molecule has 0 aliphatic rings. The normalized spacial score (nSPS) is 10.8. The fraction of sp³-hybridized carbons (Fsp3) is 0.200. The standard InChI is InChI=1S/C15H13F3N2O2S/c1-20-5-4-9(6-14(20)21)15(22)19-11-7-10(16)2-3-12(11)23-8-13(17)18/h2-7,13H,8H2,1H3,(H,19,22). The Hall–Kier alpha value is -2.22. The molecule has 0 radical (unpaired) electrons. The zero-order valence-corrected chi connectivity index (χ0v) is 12.9. The summed E-state index contributed by atoms with van der Waals surface area (Å²) in [5.41, 5.74) is -0.187. The highest BCUT2D eigenvalue weighted by Gasteiger charge is 2.13. The second kappa shape index (κ2) is 7.36. The van der Waals surface area contributed by atoms with Crippen molar-refractivity contribution in [2.75, 3.05) is 11.1 Å². The monoisotopic (exact) mass is 342 g/mol. The summed E-state index contributed by atoms with van der Waals surface area (Å²) in [4.78, 5) is 24.0. The minimum Gasteiger partial charge on any atom is -0.321 e. The van der Waals surface area contributed by atoms with Gasteiger partial charge < -0.3 is 9.88 Å². The average Bonchev–Trinajstić information content (AvgIpc) is 2.49. The number of halogens is 3. The third-order valence-electron chi connectivity index (χ3n) is 2.92. The molecule has 0 unspecified atom stereocenters. The number of hydrogen-bond acceptors (Lipinski definition) is 3. The largest absolute Gasteiger partial charge is 0.321 e. The number of nitrogens with one attached hydrogen (secondary N) is 1. The van der Waals surface area contributed by atoms with Crippen LogP contribution in [0, 0.1) is 5.82 Å². The molecule has 1 aromatic carbocycles. The fourth-order valence-electron chi connectivity index (χ4n) is 1.76. The molecule has 2 aromatic rings. The van der Waals surface area contributed by atoms with E-state index in [0.717, 1.165) is 30.0 Å². The van der Waals surface area contributed by atoms with Gasteiger partial charge in [0.1, 0.15) is 5.82 Å². The summed E-state index contributed by atoms with van der Waals surface area (Å²) in [7, 11) is 1.54. The summed E-state index contributed by atoms with van der Waals surface area (Å²) in [6, 6.07) is 6.07.